The molecule has 11 nitrogen and oxygen atoms in total. The molecule has 2 aromatic heterocycles. The van der Waals surface area contributed by atoms with Crippen LogP contribution in [0.4, 0.5) is 17.5 Å². The molecule has 212 valence electrons. The van der Waals surface area contributed by atoms with E-state index in [-0.39, 0.29) is 34.9 Å². The molecular formula is C28H33N5O6S. The summed E-state index contributed by atoms with van der Waals surface area (Å²) in [5, 5.41) is 0. The minimum absolute atomic E-state index is 0.0479. The first-order valence-electron chi connectivity index (χ1n) is 12.8. The Bertz CT molecular complexity index is 1510. The van der Waals surface area contributed by atoms with Gasteiger partial charge in [-0.05, 0) is 69.5 Å². The number of hydrogen-bond donors (Lipinski definition) is 2. The summed E-state index contributed by atoms with van der Waals surface area (Å²) in [7, 11) is -1.94. The smallest absolute Gasteiger partial charge is 0.338 e. The molecule has 1 amide bonds. The number of amides is 1. The summed E-state index contributed by atoms with van der Waals surface area (Å²) >= 11 is 0. The highest BCUT2D eigenvalue weighted by Crippen LogP contribution is 2.40. The highest BCUT2D eigenvalue weighted by atomic mass is 32.2. The lowest BCUT2D eigenvalue weighted by atomic mass is 9.97. The van der Waals surface area contributed by atoms with E-state index in [2.05, 4.69) is 25.8 Å². The maximum absolute atomic E-state index is 14.1. The van der Waals surface area contributed by atoms with Crippen molar-refractivity contribution in [3.63, 3.8) is 0 Å². The fourth-order valence-corrected chi connectivity index (χ4v) is 5.68. The van der Waals surface area contributed by atoms with Gasteiger partial charge in [0, 0.05) is 29.4 Å². The summed E-state index contributed by atoms with van der Waals surface area (Å²) in [4.78, 5) is 37.3. The van der Waals surface area contributed by atoms with Gasteiger partial charge in [-0.1, -0.05) is 13.0 Å². The fourth-order valence-electron chi connectivity index (χ4n) is 5.15. The summed E-state index contributed by atoms with van der Waals surface area (Å²) in [5.41, 5.74) is 6.71. The predicted molar refractivity (Wildman–Crippen MR) is 153 cm³/mol. The van der Waals surface area contributed by atoms with E-state index in [1.165, 1.54) is 25.3 Å². The number of aromatic nitrogens is 2. The number of carbonyl (C=O) groups is 2. The molecule has 1 unspecified atom stereocenters. The molecule has 0 bridgehead atoms. The zero-order chi connectivity index (χ0) is 29.2. The average molecular weight is 568 g/mol. The molecule has 40 heavy (non-hydrogen) atoms. The lowest BCUT2D eigenvalue weighted by molar-refractivity contribution is 0.0526. The second-order valence-corrected chi connectivity index (χ2v) is 11.1. The highest BCUT2D eigenvalue weighted by molar-refractivity contribution is 7.75. The highest BCUT2D eigenvalue weighted by Gasteiger charge is 2.40. The Kier molecular flexibility index (Phi) is 8.29. The average Bonchev–Trinajstić information content (AvgIpc) is 3.19. The second-order valence-electron chi connectivity index (χ2n) is 10.2. The Morgan fingerprint density at radius 3 is 2.55 bits per heavy atom. The summed E-state index contributed by atoms with van der Waals surface area (Å²) in [6.45, 7) is 8.77. The third-order valence-corrected chi connectivity index (χ3v) is 7.49. The van der Waals surface area contributed by atoms with Crippen LogP contribution < -0.4 is 19.7 Å². The van der Waals surface area contributed by atoms with E-state index in [1.807, 2.05) is 4.90 Å². The van der Waals surface area contributed by atoms with Gasteiger partial charge in [0.25, 0.3) is 5.91 Å². The van der Waals surface area contributed by atoms with Crippen molar-refractivity contribution in [3.8, 4) is 16.9 Å². The lowest BCUT2D eigenvalue weighted by Crippen LogP contribution is -2.41. The van der Waals surface area contributed by atoms with Crippen molar-refractivity contribution in [1.82, 2.24) is 9.97 Å². The van der Waals surface area contributed by atoms with E-state index in [1.54, 1.807) is 37.4 Å². The van der Waals surface area contributed by atoms with Crippen LogP contribution in [0.5, 0.6) is 5.75 Å². The molecule has 4 rings (SSSR count). The number of rotatable bonds is 8. The molecule has 12 heteroatoms. The molecule has 0 spiro atoms. The van der Waals surface area contributed by atoms with Crippen molar-refractivity contribution < 1.29 is 27.5 Å². The van der Waals surface area contributed by atoms with Crippen LogP contribution in [0, 0.1) is 5.92 Å². The Morgan fingerprint density at radius 1 is 1.20 bits per heavy atom. The molecule has 0 saturated carbocycles. The molecule has 2 N–H and O–H groups in total. The summed E-state index contributed by atoms with van der Waals surface area (Å²) in [6, 6.07) is 10.8. The first kappa shape index (κ1) is 28.8. The van der Waals surface area contributed by atoms with Gasteiger partial charge in [-0.15, -0.1) is 0 Å². The lowest BCUT2D eigenvalue weighted by Gasteiger charge is -2.34. The minimum atomic E-state index is -3.43. The number of esters is 1. The number of nitrogen functional groups attached to an aromatic ring is 1. The van der Waals surface area contributed by atoms with Crippen molar-refractivity contribution in [2.24, 2.45) is 5.92 Å². The van der Waals surface area contributed by atoms with Gasteiger partial charge < -0.3 is 20.1 Å². The molecule has 0 aliphatic carbocycles. The molecule has 1 aliphatic heterocycles. The molecule has 3 aromatic rings. The van der Waals surface area contributed by atoms with Crippen molar-refractivity contribution >= 4 is 40.2 Å². The number of pyridine rings is 2. The quantitative estimate of drug-likeness (QED) is 0.305. The maximum Gasteiger partial charge on any atom is 0.338 e. The van der Waals surface area contributed by atoms with Gasteiger partial charge in [-0.2, -0.15) is 4.31 Å². The third kappa shape index (κ3) is 5.71. The first-order valence-corrected chi connectivity index (χ1v) is 13.9. The van der Waals surface area contributed by atoms with Gasteiger partial charge >= 0.3 is 5.97 Å². The summed E-state index contributed by atoms with van der Waals surface area (Å²) < 4.78 is 36.1. The van der Waals surface area contributed by atoms with Gasteiger partial charge in [-0.3, -0.25) is 4.79 Å². The zero-order valence-electron chi connectivity index (χ0n) is 23.1. The minimum Gasteiger partial charge on any atom is -0.496 e. The van der Waals surface area contributed by atoms with Gasteiger partial charge in [0.15, 0.2) is 5.82 Å². The molecule has 1 aliphatic rings. The number of thiol groups is 1. The number of nitrogens with two attached hydrogens (primary N) is 1. The monoisotopic (exact) mass is 567 g/mol. The molecule has 3 heterocycles. The maximum atomic E-state index is 14.1. The SMILES string of the molecule is CCOC(=O)c1ccc(OC)c(-c2cnc(N3CC(C)CC3(C)C)c(C(=O)N(c3cccc(N)n3)[SH](=O)=O)c2)c1. The van der Waals surface area contributed by atoms with Crippen LogP contribution in [0.1, 0.15) is 54.8 Å². The van der Waals surface area contributed by atoms with E-state index in [0.29, 0.717) is 39.5 Å². The number of nitrogens with zero attached hydrogens (tertiary/aromatic N) is 4. The number of carbonyl (C=O) groups excluding carboxylic acids is 2. The van der Waals surface area contributed by atoms with Crippen LogP contribution in [0.3, 0.4) is 0 Å². The standard InChI is InChI=1S/C28H33N5O6S/c1-6-39-27(35)18-10-11-22(38-5)20(12-18)19-13-21(25(30-15-19)32-16-17(2)14-28(32,3)4)26(34)33(40(36)37)24-9-7-8-23(29)31-24/h7-13,15,17,40H,6,14,16H2,1-5H3,(H2,29,31). The summed E-state index contributed by atoms with van der Waals surface area (Å²) in [5.74, 6) is -0.321. The van der Waals surface area contributed by atoms with E-state index in [0.717, 1.165) is 6.42 Å². The van der Waals surface area contributed by atoms with Crippen molar-refractivity contribution in [1.29, 1.82) is 0 Å². The number of anilines is 3. The van der Waals surface area contributed by atoms with E-state index >= 15 is 0 Å². The molecule has 1 atom stereocenters. The first-order chi connectivity index (χ1) is 19.0. The molecular weight excluding hydrogens is 534 g/mol. The van der Waals surface area contributed by atoms with Crippen LogP contribution in [0.25, 0.3) is 11.1 Å². The van der Waals surface area contributed by atoms with E-state index in [4.69, 9.17) is 20.2 Å². The zero-order valence-corrected chi connectivity index (χ0v) is 24.0. The Hall–Kier alpha value is -4.19. The van der Waals surface area contributed by atoms with Gasteiger partial charge in [0.2, 0.25) is 10.9 Å². The van der Waals surface area contributed by atoms with Crippen LogP contribution in [0.2, 0.25) is 0 Å². The van der Waals surface area contributed by atoms with E-state index < -0.39 is 22.8 Å². The number of ether oxygens (including phenoxy) is 2. The number of methoxy groups -OCH3 is 1. The Morgan fingerprint density at radius 2 is 1.95 bits per heavy atom. The van der Waals surface area contributed by atoms with Crippen molar-refractivity contribution in [3.05, 3.63) is 59.8 Å². The fraction of sp³-hybridized carbons (Fsp3) is 0.357. The normalized spacial score (nSPS) is 16.1. The Labute approximate surface area is 235 Å². The van der Waals surface area contributed by atoms with Crippen LogP contribution >= 0.6 is 0 Å². The van der Waals surface area contributed by atoms with Gasteiger partial charge in [0.05, 0.1) is 24.8 Å². The second kappa shape index (κ2) is 11.5. The van der Waals surface area contributed by atoms with Crippen LogP contribution in [-0.4, -0.2) is 56.1 Å². The van der Waals surface area contributed by atoms with Gasteiger partial charge in [-0.25, -0.2) is 23.2 Å². The van der Waals surface area contributed by atoms with Crippen LogP contribution in [-0.2, 0) is 15.6 Å². The topological polar surface area (TPSA) is 145 Å². The molecule has 1 aromatic carbocycles. The van der Waals surface area contributed by atoms with Crippen LogP contribution in [0.15, 0.2) is 48.7 Å². The van der Waals surface area contributed by atoms with Gasteiger partial charge in [0.1, 0.15) is 17.4 Å². The number of hydrogen-bond acceptors (Lipinski definition) is 10. The molecule has 1 fully saturated rings. The Balaban J connectivity index is 1.93. The van der Waals surface area contributed by atoms with Crippen molar-refractivity contribution in [2.75, 3.05) is 35.2 Å². The third-order valence-electron chi connectivity index (χ3n) is 6.78. The summed E-state index contributed by atoms with van der Waals surface area (Å²) in [6.07, 6.45) is 2.44. The largest absolute Gasteiger partial charge is 0.496 e. The predicted octanol–water partition coefficient (Wildman–Crippen LogP) is 3.71. The molecule has 0 radical (unpaired) electrons. The molecule has 1 saturated heterocycles. The van der Waals surface area contributed by atoms with E-state index in [9.17, 15) is 18.0 Å². The number of benzene rings is 1. The van der Waals surface area contributed by atoms with Crippen molar-refractivity contribution in [2.45, 2.75) is 39.7 Å².